The lowest BCUT2D eigenvalue weighted by Gasteiger charge is -2.18. The van der Waals surface area contributed by atoms with Crippen molar-refractivity contribution in [3.63, 3.8) is 0 Å². The van der Waals surface area contributed by atoms with Crippen molar-refractivity contribution in [2.45, 2.75) is 103 Å². The van der Waals surface area contributed by atoms with E-state index in [9.17, 15) is 14.7 Å². The van der Waals surface area contributed by atoms with Crippen LogP contribution in [0.15, 0.2) is 18.2 Å². The first-order chi connectivity index (χ1) is 13.8. The first-order valence-electron chi connectivity index (χ1n) is 11.2. The molecular weight excluding hydrogens is 364 g/mol. The predicted molar refractivity (Wildman–Crippen MR) is 116 cm³/mol. The van der Waals surface area contributed by atoms with Gasteiger partial charge in [0.1, 0.15) is 5.60 Å². The number of carboxylic acid groups (broad SMARTS) is 1. The molecule has 0 aromatic heterocycles. The van der Waals surface area contributed by atoms with Gasteiger partial charge in [-0.25, -0.2) is 0 Å². The van der Waals surface area contributed by atoms with Gasteiger partial charge >= 0.3 is 5.97 Å². The quantitative estimate of drug-likeness (QED) is 0.288. The Balaban J connectivity index is 1.66. The second-order valence-corrected chi connectivity index (χ2v) is 9.47. The second-order valence-electron chi connectivity index (χ2n) is 9.47. The molecule has 4 nitrogen and oxygen atoms in total. The Bertz CT molecular complexity index is 673. The maximum atomic E-state index is 11.2. The molecule has 0 radical (unpaired) electrons. The number of aryl methyl sites for hydroxylation is 3. The average molecular weight is 403 g/mol. The smallest absolute Gasteiger partial charge is 0.309 e. The lowest BCUT2D eigenvalue weighted by molar-refractivity contribution is -0.147. The summed E-state index contributed by atoms with van der Waals surface area (Å²) in [6.07, 6.45) is 12.6. The van der Waals surface area contributed by atoms with Gasteiger partial charge in [-0.15, -0.1) is 0 Å². The molecule has 1 saturated carbocycles. The average Bonchev–Trinajstić information content (AvgIpc) is 3.43. The SMILES string of the molecule is Cc1ccc(CCCCCC2(OC=O)CC2)cc1CCCCCC(C)(C)C(=O)O. The van der Waals surface area contributed by atoms with Crippen molar-refractivity contribution in [1.82, 2.24) is 0 Å². The Labute approximate surface area is 176 Å². The fraction of sp³-hybridized carbons (Fsp3) is 0.680. The molecule has 1 N–H and O–H groups in total. The molecule has 0 amide bonds. The summed E-state index contributed by atoms with van der Waals surface area (Å²) in [6, 6.07) is 6.83. The van der Waals surface area contributed by atoms with Crippen LogP contribution in [-0.4, -0.2) is 23.1 Å². The summed E-state index contributed by atoms with van der Waals surface area (Å²) in [5.41, 5.74) is 3.45. The summed E-state index contributed by atoms with van der Waals surface area (Å²) in [7, 11) is 0. The molecule has 4 heteroatoms. The van der Waals surface area contributed by atoms with Crippen molar-refractivity contribution in [1.29, 1.82) is 0 Å². The van der Waals surface area contributed by atoms with Crippen LogP contribution in [-0.2, 0) is 27.2 Å². The first-order valence-corrected chi connectivity index (χ1v) is 11.2. The Hall–Kier alpha value is -1.84. The number of ether oxygens (including phenoxy) is 1. The van der Waals surface area contributed by atoms with Crippen LogP contribution < -0.4 is 0 Å². The summed E-state index contributed by atoms with van der Waals surface area (Å²) in [6.45, 7) is 6.40. The number of unbranched alkanes of at least 4 members (excludes halogenated alkanes) is 4. The Kier molecular flexibility index (Phi) is 8.73. The van der Waals surface area contributed by atoms with Crippen LogP contribution >= 0.6 is 0 Å². The van der Waals surface area contributed by atoms with E-state index in [2.05, 4.69) is 25.1 Å². The monoisotopic (exact) mass is 402 g/mol. The van der Waals surface area contributed by atoms with E-state index in [0.29, 0.717) is 6.47 Å². The molecule has 1 fully saturated rings. The van der Waals surface area contributed by atoms with Crippen LogP contribution in [0.3, 0.4) is 0 Å². The van der Waals surface area contributed by atoms with Gasteiger partial charge in [0.2, 0.25) is 0 Å². The normalized spacial score (nSPS) is 15.1. The van der Waals surface area contributed by atoms with Crippen LogP contribution in [0.1, 0.15) is 94.7 Å². The molecule has 0 unspecified atom stereocenters. The van der Waals surface area contributed by atoms with Crippen LogP contribution in [0.4, 0.5) is 0 Å². The van der Waals surface area contributed by atoms with Crippen molar-refractivity contribution in [3.05, 3.63) is 34.9 Å². The minimum absolute atomic E-state index is 0.113. The molecule has 2 rings (SSSR count). The molecule has 0 saturated heterocycles. The third-order valence-electron chi connectivity index (χ3n) is 6.44. The molecule has 1 aliphatic rings. The summed E-state index contributed by atoms with van der Waals surface area (Å²) in [5, 5.41) is 9.19. The fourth-order valence-electron chi connectivity index (χ4n) is 3.94. The Morgan fingerprint density at radius 3 is 2.45 bits per heavy atom. The van der Waals surface area contributed by atoms with Crippen LogP contribution in [0.25, 0.3) is 0 Å². The van der Waals surface area contributed by atoms with Crippen molar-refractivity contribution < 1.29 is 19.4 Å². The van der Waals surface area contributed by atoms with Gasteiger partial charge in [-0.05, 0) is 95.2 Å². The van der Waals surface area contributed by atoms with Crippen molar-refractivity contribution in [3.8, 4) is 0 Å². The van der Waals surface area contributed by atoms with E-state index in [-0.39, 0.29) is 5.60 Å². The maximum absolute atomic E-state index is 11.2. The number of benzene rings is 1. The molecule has 0 atom stereocenters. The van der Waals surface area contributed by atoms with E-state index in [1.54, 1.807) is 0 Å². The summed E-state index contributed by atoms with van der Waals surface area (Å²) < 4.78 is 5.21. The predicted octanol–water partition coefficient (Wildman–Crippen LogP) is 6.02. The highest BCUT2D eigenvalue weighted by atomic mass is 16.5. The molecule has 0 bridgehead atoms. The van der Waals surface area contributed by atoms with Gasteiger partial charge in [-0.3, -0.25) is 9.59 Å². The van der Waals surface area contributed by atoms with Crippen molar-refractivity contribution in [2.24, 2.45) is 5.41 Å². The van der Waals surface area contributed by atoms with Crippen LogP contribution in [0, 0.1) is 12.3 Å². The molecule has 1 aromatic rings. The summed E-state index contributed by atoms with van der Waals surface area (Å²) >= 11 is 0. The van der Waals surface area contributed by atoms with E-state index in [1.165, 1.54) is 29.5 Å². The van der Waals surface area contributed by atoms with E-state index in [4.69, 9.17) is 4.74 Å². The largest absolute Gasteiger partial charge is 0.481 e. The van der Waals surface area contributed by atoms with E-state index in [1.807, 2.05) is 13.8 Å². The molecule has 1 aromatic carbocycles. The maximum Gasteiger partial charge on any atom is 0.309 e. The standard InChI is InChI=1S/C25H38O4/c1-20-12-13-21(10-6-4-9-15-25(16-17-25)29-19-26)18-22(20)11-7-5-8-14-24(2,3)23(27)28/h12-13,18-19H,4-11,14-17H2,1-3H3,(H,27,28). The van der Waals surface area contributed by atoms with Crippen molar-refractivity contribution >= 4 is 12.4 Å². The van der Waals surface area contributed by atoms with Gasteiger partial charge in [0, 0.05) is 0 Å². The molecule has 162 valence electrons. The van der Waals surface area contributed by atoms with E-state index >= 15 is 0 Å². The number of hydrogen-bond acceptors (Lipinski definition) is 3. The molecule has 0 heterocycles. The zero-order valence-electron chi connectivity index (χ0n) is 18.5. The number of aliphatic carboxylic acids is 1. The number of carbonyl (C=O) groups is 2. The molecular formula is C25H38O4. The lowest BCUT2D eigenvalue weighted by Crippen LogP contribution is -2.23. The van der Waals surface area contributed by atoms with E-state index < -0.39 is 11.4 Å². The van der Waals surface area contributed by atoms with Gasteiger partial charge in [0.05, 0.1) is 5.41 Å². The molecule has 0 aliphatic heterocycles. The van der Waals surface area contributed by atoms with Crippen LogP contribution in [0.5, 0.6) is 0 Å². The van der Waals surface area contributed by atoms with Gasteiger partial charge < -0.3 is 9.84 Å². The van der Waals surface area contributed by atoms with E-state index in [0.717, 1.165) is 64.2 Å². The first kappa shape index (κ1) is 23.4. The summed E-state index contributed by atoms with van der Waals surface area (Å²) in [4.78, 5) is 21.7. The topological polar surface area (TPSA) is 63.6 Å². The second kappa shape index (κ2) is 10.8. The van der Waals surface area contributed by atoms with Gasteiger partial charge in [-0.2, -0.15) is 0 Å². The van der Waals surface area contributed by atoms with Gasteiger partial charge in [-0.1, -0.05) is 37.5 Å². The number of carbonyl (C=O) groups excluding carboxylic acids is 1. The molecule has 0 spiro atoms. The van der Waals surface area contributed by atoms with Crippen molar-refractivity contribution in [2.75, 3.05) is 0 Å². The highest BCUT2D eigenvalue weighted by Crippen LogP contribution is 2.43. The zero-order chi connectivity index (χ0) is 21.3. The zero-order valence-corrected chi connectivity index (χ0v) is 18.5. The number of hydrogen-bond donors (Lipinski definition) is 1. The number of carboxylic acids is 1. The third-order valence-corrected chi connectivity index (χ3v) is 6.44. The van der Waals surface area contributed by atoms with Gasteiger partial charge in [0.25, 0.3) is 6.47 Å². The Morgan fingerprint density at radius 1 is 1.10 bits per heavy atom. The third kappa shape index (κ3) is 7.83. The molecule has 29 heavy (non-hydrogen) atoms. The lowest BCUT2D eigenvalue weighted by atomic mass is 9.87. The van der Waals surface area contributed by atoms with Gasteiger partial charge in [0.15, 0.2) is 0 Å². The molecule has 1 aliphatic carbocycles. The minimum Gasteiger partial charge on any atom is -0.481 e. The number of rotatable bonds is 15. The highest BCUT2D eigenvalue weighted by molar-refractivity contribution is 5.73. The van der Waals surface area contributed by atoms with Crippen LogP contribution in [0.2, 0.25) is 0 Å². The summed E-state index contributed by atoms with van der Waals surface area (Å²) in [5.74, 6) is -0.704. The Morgan fingerprint density at radius 2 is 1.79 bits per heavy atom. The minimum atomic E-state index is -0.704. The highest BCUT2D eigenvalue weighted by Gasteiger charge is 2.44. The fourth-order valence-corrected chi connectivity index (χ4v) is 3.94.